The minimum atomic E-state index is -0.502. The van der Waals surface area contributed by atoms with Gasteiger partial charge < -0.3 is 9.84 Å². The monoisotopic (exact) mass is 189 g/mol. The van der Waals surface area contributed by atoms with Gasteiger partial charge in [-0.2, -0.15) is 0 Å². The normalized spacial score (nSPS) is 10.0. The molecule has 0 aliphatic carbocycles. The fraction of sp³-hybridized carbons (Fsp3) is 0.500. The van der Waals surface area contributed by atoms with Crippen LogP contribution in [0, 0.1) is 0 Å². The Balaban J connectivity index is 0. The minimum absolute atomic E-state index is 0. The third-order valence-corrected chi connectivity index (χ3v) is 0.613. The molecule has 3 nitrogen and oxygen atoms in total. The van der Waals surface area contributed by atoms with Gasteiger partial charge in [-0.3, -0.25) is 0 Å². The molecule has 4 heteroatoms. The number of esters is 1. The van der Waals surface area contributed by atoms with Gasteiger partial charge in [-0.05, 0) is 13.8 Å². The molecule has 0 bridgehead atoms. The van der Waals surface area contributed by atoms with Crippen molar-refractivity contribution in [1.29, 1.82) is 0 Å². The van der Waals surface area contributed by atoms with Crippen LogP contribution in [0.5, 0.6) is 0 Å². The smallest absolute Gasteiger partial charge is 0.334 e. The first-order valence-corrected chi connectivity index (χ1v) is 2.70. The summed E-state index contributed by atoms with van der Waals surface area (Å²) < 4.78 is 4.48. The van der Waals surface area contributed by atoms with Gasteiger partial charge in [0.2, 0.25) is 0 Å². The number of hydrogen-bond donors (Lipinski definition) is 1. The first-order chi connectivity index (χ1) is 4.16. The second-order valence-corrected chi connectivity index (χ2v) is 1.54. The van der Waals surface area contributed by atoms with Gasteiger partial charge >= 0.3 is 5.97 Å². The van der Waals surface area contributed by atoms with Gasteiger partial charge in [0.1, 0.15) is 0 Å². The van der Waals surface area contributed by atoms with E-state index in [-0.39, 0.29) is 22.5 Å². The summed E-state index contributed by atoms with van der Waals surface area (Å²) in [6.45, 7) is 3.46. The standard InChI is InChI=1S/C6H10O3.Co/c1-3-9-6(8)4-5(2)7;/h4,7H,3H2,1-2H3;/b5-4-;. The van der Waals surface area contributed by atoms with Crippen LogP contribution >= 0.6 is 0 Å². The molecule has 1 radical (unpaired) electrons. The van der Waals surface area contributed by atoms with Crippen molar-refractivity contribution in [3.63, 3.8) is 0 Å². The Morgan fingerprint density at radius 2 is 2.20 bits per heavy atom. The fourth-order valence-electron chi connectivity index (χ4n) is 0.354. The van der Waals surface area contributed by atoms with Crippen LogP contribution < -0.4 is 0 Å². The predicted molar refractivity (Wildman–Crippen MR) is 33.0 cm³/mol. The molecule has 0 aliphatic rings. The Kier molecular flexibility index (Phi) is 8.10. The van der Waals surface area contributed by atoms with Crippen LogP contribution in [0.3, 0.4) is 0 Å². The van der Waals surface area contributed by atoms with E-state index in [0.29, 0.717) is 6.61 Å². The van der Waals surface area contributed by atoms with Crippen molar-refractivity contribution >= 4 is 5.97 Å². The molecule has 0 heterocycles. The van der Waals surface area contributed by atoms with E-state index in [9.17, 15) is 4.79 Å². The number of carbonyl (C=O) groups is 1. The average molecular weight is 189 g/mol. The first kappa shape index (κ1) is 12.2. The molecule has 0 unspecified atom stereocenters. The molecular formula is C6H10CoO3. The third kappa shape index (κ3) is 7.52. The Labute approximate surface area is 70.3 Å². The molecule has 61 valence electrons. The largest absolute Gasteiger partial charge is 0.512 e. The van der Waals surface area contributed by atoms with E-state index in [0.717, 1.165) is 6.08 Å². The van der Waals surface area contributed by atoms with Crippen LogP contribution in [0.25, 0.3) is 0 Å². The molecular weight excluding hydrogens is 179 g/mol. The average Bonchev–Trinajstić information content (AvgIpc) is 1.63. The zero-order valence-corrected chi connectivity index (χ0v) is 6.92. The Bertz CT molecular complexity index is 127. The van der Waals surface area contributed by atoms with E-state index >= 15 is 0 Å². The van der Waals surface area contributed by atoms with Gasteiger partial charge in [0, 0.05) is 16.8 Å². The molecule has 0 amide bonds. The van der Waals surface area contributed by atoms with Crippen molar-refractivity contribution < 1.29 is 31.4 Å². The van der Waals surface area contributed by atoms with Crippen LogP contribution in [0.15, 0.2) is 11.8 Å². The predicted octanol–water partition coefficient (Wildman–Crippen LogP) is 1.01. The van der Waals surface area contributed by atoms with Gasteiger partial charge in [0.25, 0.3) is 0 Å². The van der Waals surface area contributed by atoms with Crippen molar-refractivity contribution in [2.75, 3.05) is 6.61 Å². The SMILES string of the molecule is CCOC(=O)/C=C(/C)O.[Co]. The van der Waals surface area contributed by atoms with Crippen LogP contribution in [0.1, 0.15) is 13.8 Å². The van der Waals surface area contributed by atoms with Gasteiger partial charge in [-0.25, -0.2) is 4.79 Å². The van der Waals surface area contributed by atoms with Crippen LogP contribution in [-0.2, 0) is 26.3 Å². The van der Waals surface area contributed by atoms with Crippen molar-refractivity contribution in [3.8, 4) is 0 Å². The van der Waals surface area contributed by atoms with Gasteiger partial charge in [0.05, 0.1) is 18.4 Å². The summed E-state index contributed by atoms with van der Waals surface area (Å²) in [5.41, 5.74) is 0. The molecule has 0 fully saturated rings. The van der Waals surface area contributed by atoms with E-state index in [4.69, 9.17) is 5.11 Å². The number of rotatable bonds is 2. The van der Waals surface area contributed by atoms with E-state index in [1.54, 1.807) is 6.92 Å². The number of allylic oxidation sites excluding steroid dienone is 1. The third-order valence-electron chi connectivity index (χ3n) is 0.613. The fourth-order valence-corrected chi connectivity index (χ4v) is 0.354. The maximum absolute atomic E-state index is 10.4. The number of hydrogen-bond acceptors (Lipinski definition) is 3. The van der Waals surface area contributed by atoms with Gasteiger partial charge in [0.15, 0.2) is 0 Å². The molecule has 0 atom stereocenters. The molecule has 0 aromatic carbocycles. The van der Waals surface area contributed by atoms with E-state index in [1.165, 1.54) is 6.92 Å². The van der Waals surface area contributed by atoms with Crippen molar-refractivity contribution in [2.45, 2.75) is 13.8 Å². The summed E-state index contributed by atoms with van der Waals surface area (Å²) in [6, 6.07) is 0. The Hall–Kier alpha value is -0.484. The summed E-state index contributed by atoms with van der Waals surface area (Å²) >= 11 is 0. The van der Waals surface area contributed by atoms with Crippen molar-refractivity contribution in [3.05, 3.63) is 11.8 Å². The number of aliphatic hydroxyl groups is 1. The van der Waals surface area contributed by atoms with Crippen molar-refractivity contribution in [1.82, 2.24) is 0 Å². The molecule has 0 saturated carbocycles. The van der Waals surface area contributed by atoms with Crippen LogP contribution in [-0.4, -0.2) is 17.7 Å². The van der Waals surface area contributed by atoms with Gasteiger partial charge in [-0.15, -0.1) is 0 Å². The van der Waals surface area contributed by atoms with Gasteiger partial charge in [-0.1, -0.05) is 0 Å². The molecule has 10 heavy (non-hydrogen) atoms. The molecule has 0 aromatic heterocycles. The Morgan fingerprint density at radius 1 is 1.70 bits per heavy atom. The zero-order chi connectivity index (χ0) is 7.28. The number of carbonyl (C=O) groups excluding carboxylic acids is 1. The molecule has 0 rings (SSSR count). The second-order valence-electron chi connectivity index (χ2n) is 1.54. The second kappa shape index (κ2) is 6.63. The maximum Gasteiger partial charge on any atom is 0.334 e. The summed E-state index contributed by atoms with van der Waals surface area (Å²) in [7, 11) is 0. The molecule has 0 aliphatic heterocycles. The molecule has 0 spiro atoms. The topological polar surface area (TPSA) is 46.5 Å². The van der Waals surface area contributed by atoms with E-state index in [2.05, 4.69) is 4.74 Å². The minimum Gasteiger partial charge on any atom is -0.512 e. The van der Waals surface area contributed by atoms with Crippen molar-refractivity contribution in [2.24, 2.45) is 0 Å². The molecule has 1 N–H and O–H groups in total. The van der Waals surface area contributed by atoms with E-state index in [1.807, 2.05) is 0 Å². The maximum atomic E-state index is 10.4. The summed E-state index contributed by atoms with van der Waals surface area (Å²) in [4.78, 5) is 10.4. The first-order valence-electron chi connectivity index (χ1n) is 2.70. The van der Waals surface area contributed by atoms with Crippen LogP contribution in [0.4, 0.5) is 0 Å². The van der Waals surface area contributed by atoms with E-state index < -0.39 is 5.97 Å². The quantitative estimate of drug-likeness (QED) is 0.400. The van der Waals surface area contributed by atoms with Crippen LogP contribution in [0.2, 0.25) is 0 Å². The summed E-state index contributed by atoms with van der Waals surface area (Å²) in [6.07, 6.45) is 1.03. The molecule has 0 aromatic rings. The number of ether oxygens (including phenoxy) is 1. The molecule has 0 saturated heterocycles. The summed E-state index contributed by atoms with van der Waals surface area (Å²) in [5, 5.41) is 8.51. The zero-order valence-electron chi connectivity index (χ0n) is 5.88. The number of aliphatic hydroxyl groups excluding tert-OH is 1. The summed E-state index contributed by atoms with van der Waals surface area (Å²) in [5.74, 6) is -0.536. The Morgan fingerprint density at radius 3 is 2.50 bits per heavy atom.